The van der Waals surface area contributed by atoms with Crippen molar-refractivity contribution in [2.24, 2.45) is 0 Å². The van der Waals surface area contributed by atoms with Gasteiger partial charge in [-0.3, -0.25) is 14.2 Å². The lowest BCUT2D eigenvalue weighted by Gasteiger charge is -2.33. The van der Waals surface area contributed by atoms with Gasteiger partial charge in [0.05, 0.1) is 23.2 Å². The number of unbranched alkanes of at least 4 members (excludes halogenated alkanes) is 1. The number of fused-ring (bicyclic) bond motifs is 1. The summed E-state index contributed by atoms with van der Waals surface area (Å²) in [6, 6.07) is 0. The Labute approximate surface area is 167 Å². The van der Waals surface area contributed by atoms with Crippen molar-refractivity contribution in [3.8, 4) is 0 Å². The number of aromatic nitrogens is 2. The molecule has 28 heavy (non-hydrogen) atoms. The Kier molecular flexibility index (Phi) is 6.33. The number of ether oxygens (including phenoxy) is 1. The van der Waals surface area contributed by atoms with Crippen molar-refractivity contribution < 1.29 is 14.3 Å². The Balaban J connectivity index is 1.79. The summed E-state index contributed by atoms with van der Waals surface area (Å²) < 4.78 is 6.64. The molecule has 0 unspecified atom stereocenters. The maximum absolute atomic E-state index is 13.0. The summed E-state index contributed by atoms with van der Waals surface area (Å²) in [5, 5.41) is 0.539. The summed E-state index contributed by atoms with van der Waals surface area (Å²) in [4.78, 5) is 46.5. The third-order valence-corrected chi connectivity index (χ3v) is 6.14. The predicted molar refractivity (Wildman–Crippen MR) is 108 cm³/mol. The molecule has 152 valence electrons. The molecule has 0 bridgehead atoms. The van der Waals surface area contributed by atoms with Crippen molar-refractivity contribution in [2.45, 2.75) is 40.2 Å². The van der Waals surface area contributed by atoms with E-state index in [-0.39, 0.29) is 17.6 Å². The van der Waals surface area contributed by atoms with E-state index in [4.69, 9.17) is 4.74 Å². The summed E-state index contributed by atoms with van der Waals surface area (Å²) in [6.45, 7) is 8.40. The standard InChI is InChI=1S/C19H26N4O4S/c1-4-6-7-23-12-20-16-14(17(23)24)13(3)15(28-16)18(25)21-8-10-22(11-9-21)19(26)27-5-2/h12H,4-11H2,1-3H3. The second kappa shape index (κ2) is 8.72. The second-order valence-electron chi connectivity index (χ2n) is 6.81. The Morgan fingerprint density at radius 3 is 2.50 bits per heavy atom. The number of carbonyl (C=O) groups excluding carboxylic acids is 2. The highest BCUT2D eigenvalue weighted by molar-refractivity contribution is 7.20. The quantitative estimate of drug-likeness (QED) is 0.762. The van der Waals surface area contributed by atoms with Gasteiger partial charge in [0.25, 0.3) is 11.5 Å². The van der Waals surface area contributed by atoms with Crippen LogP contribution >= 0.6 is 11.3 Å². The minimum atomic E-state index is -0.343. The van der Waals surface area contributed by atoms with Gasteiger partial charge in [-0.1, -0.05) is 13.3 Å². The van der Waals surface area contributed by atoms with Crippen molar-refractivity contribution >= 4 is 33.6 Å². The second-order valence-corrected chi connectivity index (χ2v) is 7.81. The molecule has 0 radical (unpaired) electrons. The first-order valence-electron chi connectivity index (χ1n) is 9.67. The fourth-order valence-corrected chi connectivity index (χ4v) is 4.41. The van der Waals surface area contributed by atoms with E-state index < -0.39 is 0 Å². The normalized spacial score (nSPS) is 14.5. The van der Waals surface area contributed by atoms with Crippen molar-refractivity contribution in [1.29, 1.82) is 0 Å². The van der Waals surface area contributed by atoms with Gasteiger partial charge in [-0.2, -0.15) is 0 Å². The third-order valence-electron chi connectivity index (χ3n) is 4.96. The molecule has 0 saturated carbocycles. The van der Waals surface area contributed by atoms with Crippen LogP contribution in [0.1, 0.15) is 41.9 Å². The van der Waals surface area contributed by atoms with Gasteiger partial charge in [0.2, 0.25) is 0 Å². The number of amides is 2. The molecule has 2 aromatic rings. The summed E-state index contributed by atoms with van der Waals surface area (Å²) in [5.74, 6) is -0.108. The molecule has 1 fully saturated rings. The minimum Gasteiger partial charge on any atom is -0.450 e. The number of aryl methyl sites for hydroxylation is 2. The van der Waals surface area contributed by atoms with Gasteiger partial charge >= 0.3 is 6.09 Å². The largest absolute Gasteiger partial charge is 0.450 e. The molecular formula is C19H26N4O4S. The van der Waals surface area contributed by atoms with Gasteiger partial charge in [-0.05, 0) is 25.8 Å². The minimum absolute atomic E-state index is 0.0848. The van der Waals surface area contributed by atoms with Gasteiger partial charge in [-0.15, -0.1) is 11.3 Å². The molecule has 2 aromatic heterocycles. The van der Waals surface area contributed by atoms with Crippen LogP contribution in [0.2, 0.25) is 0 Å². The van der Waals surface area contributed by atoms with Crippen LogP contribution in [-0.2, 0) is 11.3 Å². The highest BCUT2D eigenvalue weighted by atomic mass is 32.1. The van der Waals surface area contributed by atoms with Crippen LogP contribution in [0.15, 0.2) is 11.1 Å². The fraction of sp³-hybridized carbons (Fsp3) is 0.579. The van der Waals surface area contributed by atoms with Crippen LogP contribution in [0.5, 0.6) is 0 Å². The fourth-order valence-electron chi connectivity index (χ4n) is 3.30. The molecule has 0 atom stereocenters. The van der Waals surface area contributed by atoms with Crippen molar-refractivity contribution in [1.82, 2.24) is 19.4 Å². The topological polar surface area (TPSA) is 84.7 Å². The molecule has 9 heteroatoms. The predicted octanol–water partition coefficient (Wildman–Crippen LogP) is 2.48. The Morgan fingerprint density at radius 2 is 1.86 bits per heavy atom. The molecule has 0 spiro atoms. The number of carbonyl (C=O) groups is 2. The zero-order valence-corrected chi connectivity index (χ0v) is 17.4. The molecule has 3 rings (SSSR count). The number of rotatable bonds is 5. The van der Waals surface area contributed by atoms with Gasteiger partial charge in [0.1, 0.15) is 4.83 Å². The Hall–Kier alpha value is -2.42. The lowest BCUT2D eigenvalue weighted by atomic mass is 10.2. The highest BCUT2D eigenvalue weighted by Gasteiger charge is 2.28. The van der Waals surface area contributed by atoms with Crippen LogP contribution < -0.4 is 5.56 Å². The van der Waals surface area contributed by atoms with Crippen molar-refractivity contribution in [3.63, 3.8) is 0 Å². The summed E-state index contributed by atoms with van der Waals surface area (Å²) in [6.07, 6.45) is 3.13. The van der Waals surface area contributed by atoms with Gasteiger partial charge < -0.3 is 14.5 Å². The molecule has 1 aliphatic heterocycles. The first kappa shape index (κ1) is 20.3. The molecule has 0 aliphatic carbocycles. The van der Waals surface area contributed by atoms with E-state index in [1.807, 2.05) is 6.92 Å². The molecular weight excluding hydrogens is 380 g/mol. The zero-order valence-electron chi connectivity index (χ0n) is 16.6. The molecule has 1 aliphatic rings. The maximum atomic E-state index is 13.0. The molecule has 3 heterocycles. The molecule has 1 saturated heterocycles. The van der Waals surface area contributed by atoms with E-state index in [0.717, 1.165) is 12.8 Å². The first-order chi connectivity index (χ1) is 13.5. The summed E-state index contributed by atoms with van der Waals surface area (Å²) >= 11 is 1.27. The zero-order chi connectivity index (χ0) is 20.3. The first-order valence-corrected chi connectivity index (χ1v) is 10.5. The lowest BCUT2D eigenvalue weighted by molar-refractivity contribution is 0.0574. The molecule has 8 nitrogen and oxygen atoms in total. The number of hydrogen-bond acceptors (Lipinski definition) is 6. The van der Waals surface area contributed by atoms with Crippen LogP contribution in [-0.4, -0.2) is 64.1 Å². The van der Waals surface area contributed by atoms with E-state index in [9.17, 15) is 14.4 Å². The number of hydrogen-bond donors (Lipinski definition) is 0. The molecule has 0 aromatic carbocycles. The third kappa shape index (κ3) is 3.89. The summed E-state index contributed by atoms with van der Waals surface area (Å²) in [5.41, 5.74) is 0.611. The number of piperazine rings is 1. The molecule has 2 amide bonds. The average Bonchev–Trinajstić information content (AvgIpc) is 3.04. The van der Waals surface area contributed by atoms with Gasteiger partial charge in [-0.25, -0.2) is 9.78 Å². The lowest BCUT2D eigenvalue weighted by Crippen LogP contribution is -2.50. The Bertz CT molecular complexity index is 928. The number of nitrogens with zero attached hydrogens (tertiary/aromatic N) is 4. The SMILES string of the molecule is CCCCn1cnc2sc(C(=O)N3CCN(C(=O)OCC)CC3)c(C)c2c1=O. The van der Waals surface area contributed by atoms with E-state index in [0.29, 0.717) is 60.0 Å². The van der Waals surface area contributed by atoms with E-state index in [1.54, 1.807) is 27.6 Å². The van der Waals surface area contributed by atoms with Gasteiger partial charge in [0, 0.05) is 32.7 Å². The van der Waals surface area contributed by atoms with E-state index in [2.05, 4.69) is 11.9 Å². The van der Waals surface area contributed by atoms with Crippen LogP contribution in [0.3, 0.4) is 0 Å². The highest BCUT2D eigenvalue weighted by Crippen LogP contribution is 2.28. The van der Waals surface area contributed by atoms with Crippen molar-refractivity contribution in [3.05, 3.63) is 27.1 Å². The summed E-state index contributed by atoms with van der Waals surface area (Å²) in [7, 11) is 0. The van der Waals surface area contributed by atoms with Crippen LogP contribution in [0.25, 0.3) is 10.2 Å². The molecule has 0 N–H and O–H groups in total. The van der Waals surface area contributed by atoms with E-state index >= 15 is 0 Å². The van der Waals surface area contributed by atoms with Crippen LogP contribution in [0.4, 0.5) is 4.79 Å². The average molecular weight is 407 g/mol. The van der Waals surface area contributed by atoms with Crippen LogP contribution in [0, 0.1) is 6.92 Å². The smallest absolute Gasteiger partial charge is 0.409 e. The Morgan fingerprint density at radius 1 is 1.18 bits per heavy atom. The monoisotopic (exact) mass is 406 g/mol. The van der Waals surface area contributed by atoms with E-state index in [1.165, 1.54) is 11.3 Å². The van der Waals surface area contributed by atoms with Gasteiger partial charge in [0.15, 0.2) is 0 Å². The van der Waals surface area contributed by atoms with Crippen molar-refractivity contribution in [2.75, 3.05) is 32.8 Å². The number of thiophene rings is 1. The maximum Gasteiger partial charge on any atom is 0.409 e.